The van der Waals surface area contributed by atoms with E-state index in [1.165, 1.54) is 116 Å². The van der Waals surface area contributed by atoms with Crippen LogP contribution in [0.25, 0.3) is 0 Å². The first-order chi connectivity index (χ1) is 21.7. The second kappa shape index (κ2) is 35.6. The zero-order chi connectivity index (χ0) is 32.2. The van der Waals surface area contributed by atoms with Crippen LogP contribution >= 0.6 is 0 Å². The van der Waals surface area contributed by atoms with E-state index < -0.39 is 6.04 Å². The van der Waals surface area contributed by atoms with Gasteiger partial charge in [0.2, 0.25) is 11.8 Å². The van der Waals surface area contributed by atoms with Crippen molar-refractivity contribution >= 4 is 11.8 Å². The van der Waals surface area contributed by atoms with E-state index in [0.29, 0.717) is 13.0 Å². The molecule has 0 bridgehead atoms. The van der Waals surface area contributed by atoms with Crippen LogP contribution in [0.3, 0.4) is 0 Å². The SMILES string of the molecule is CCCCCC=CCC=CCCCCCCCC(=O)NC(CN)C(=O)NCCCCCCCCC=CCCCCCCCC. The normalized spacial score (nSPS) is 12.5. The molecule has 1 atom stereocenters. The first kappa shape index (κ1) is 42.1. The lowest BCUT2D eigenvalue weighted by atomic mass is 10.1. The van der Waals surface area contributed by atoms with Crippen molar-refractivity contribution in [2.45, 2.75) is 187 Å². The van der Waals surface area contributed by atoms with Gasteiger partial charge in [0.05, 0.1) is 0 Å². The van der Waals surface area contributed by atoms with Gasteiger partial charge in [-0.1, -0.05) is 140 Å². The Balaban J connectivity index is 3.61. The number of nitrogens with two attached hydrogens (primary N) is 1. The summed E-state index contributed by atoms with van der Waals surface area (Å²) in [6.07, 6.45) is 44.9. The fraction of sp³-hybridized carbons (Fsp3) is 0.795. The van der Waals surface area contributed by atoms with Crippen molar-refractivity contribution in [3.8, 4) is 0 Å². The van der Waals surface area contributed by atoms with Crippen LogP contribution in [0.4, 0.5) is 0 Å². The van der Waals surface area contributed by atoms with Crippen LogP contribution in [-0.2, 0) is 9.59 Å². The number of rotatable bonds is 33. The smallest absolute Gasteiger partial charge is 0.243 e. The maximum Gasteiger partial charge on any atom is 0.243 e. The minimum atomic E-state index is -0.630. The second-order valence-electron chi connectivity index (χ2n) is 12.6. The average Bonchev–Trinajstić information content (AvgIpc) is 3.03. The standard InChI is InChI=1S/C39H73N3O2/c1-3-5-7-9-11-13-15-17-19-21-23-25-27-29-31-33-35-41-39(44)37(36-40)42-38(43)34-32-30-28-26-24-22-20-18-16-14-12-10-8-6-4-2/h12,14,17-20,37H,3-11,13,15-16,21-36,40H2,1-2H3,(H,41,44)(H,42,43). The Kier molecular flexibility index (Phi) is 34.1. The van der Waals surface area contributed by atoms with E-state index in [0.717, 1.165) is 44.9 Å². The first-order valence-electron chi connectivity index (χ1n) is 18.9. The Morgan fingerprint density at radius 1 is 0.545 bits per heavy atom. The van der Waals surface area contributed by atoms with E-state index in [9.17, 15) is 9.59 Å². The minimum Gasteiger partial charge on any atom is -0.354 e. The van der Waals surface area contributed by atoms with Gasteiger partial charge in [-0.05, 0) is 70.6 Å². The van der Waals surface area contributed by atoms with Crippen LogP contribution in [0.5, 0.6) is 0 Å². The molecule has 0 heterocycles. The summed E-state index contributed by atoms with van der Waals surface area (Å²) in [5, 5.41) is 5.79. The summed E-state index contributed by atoms with van der Waals surface area (Å²) in [5.74, 6) is -0.229. The third-order valence-electron chi connectivity index (χ3n) is 8.23. The lowest BCUT2D eigenvalue weighted by Crippen LogP contribution is -2.50. The van der Waals surface area contributed by atoms with Gasteiger partial charge < -0.3 is 16.4 Å². The molecule has 5 nitrogen and oxygen atoms in total. The summed E-state index contributed by atoms with van der Waals surface area (Å²) in [7, 11) is 0. The molecule has 0 rings (SSSR count). The molecule has 0 aromatic rings. The highest BCUT2D eigenvalue weighted by Crippen LogP contribution is 2.11. The average molecular weight is 616 g/mol. The van der Waals surface area contributed by atoms with Crippen molar-refractivity contribution in [1.82, 2.24) is 10.6 Å². The fourth-order valence-corrected chi connectivity index (χ4v) is 5.30. The van der Waals surface area contributed by atoms with Gasteiger partial charge in [-0.15, -0.1) is 0 Å². The van der Waals surface area contributed by atoms with Crippen LogP contribution in [0.2, 0.25) is 0 Å². The Labute approximate surface area is 273 Å². The monoisotopic (exact) mass is 616 g/mol. The van der Waals surface area contributed by atoms with Crippen LogP contribution in [0, 0.1) is 0 Å². The first-order valence-corrected chi connectivity index (χ1v) is 18.9. The van der Waals surface area contributed by atoms with Gasteiger partial charge in [0.1, 0.15) is 6.04 Å². The van der Waals surface area contributed by atoms with Crippen molar-refractivity contribution in [2.75, 3.05) is 13.1 Å². The van der Waals surface area contributed by atoms with E-state index in [4.69, 9.17) is 5.73 Å². The molecular weight excluding hydrogens is 542 g/mol. The minimum absolute atomic E-state index is 0.0708. The van der Waals surface area contributed by atoms with Gasteiger partial charge >= 0.3 is 0 Å². The Bertz CT molecular complexity index is 716. The molecule has 0 saturated heterocycles. The van der Waals surface area contributed by atoms with E-state index in [2.05, 4.69) is 60.9 Å². The third-order valence-corrected chi connectivity index (χ3v) is 8.23. The highest BCUT2D eigenvalue weighted by atomic mass is 16.2. The molecule has 0 spiro atoms. The highest BCUT2D eigenvalue weighted by molar-refractivity contribution is 5.87. The van der Waals surface area contributed by atoms with Crippen molar-refractivity contribution < 1.29 is 9.59 Å². The van der Waals surface area contributed by atoms with Gasteiger partial charge in [0.25, 0.3) is 0 Å². The fourth-order valence-electron chi connectivity index (χ4n) is 5.30. The van der Waals surface area contributed by atoms with E-state index in [1.807, 2.05) is 0 Å². The van der Waals surface area contributed by atoms with Gasteiger partial charge in [-0.2, -0.15) is 0 Å². The number of nitrogens with one attached hydrogen (secondary N) is 2. The van der Waals surface area contributed by atoms with Crippen molar-refractivity contribution in [1.29, 1.82) is 0 Å². The number of hydrogen-bond acceptors (Lipinski definition) is 3. The molecule has 256 valence electrons. The number of allylic oxidation sites excluding steroid dienone is 6. The molecular formula is C39H73N3O2. The third kappa shape index (κ3) is 31.5. The molecule has 0 saturated carbocycles. The molecule has 0 aromatic heterocycles. The number of hydrogen-bond donors (Lipinski definition) is 3. The van der Waals surface area contributed by atoms with Crippen molar-refractivity contribution in [3.63, 3.8) is 0 Å². The molecule has 44 heavy (non-hydrogen) atoms. The Morgan fingerprint density at radius 3 is 1.48 bits per heavy atom. The summed E-state index contributed by atoms with van der Waals surface area (Å²) >= 11 is 0. The van der Waals surface area contributed by atoms with Crippen LogP contribution < -0.4 is 16.4 Å². The lowest BCUT2D eigenvalue weighted by Gasteiger charge is -2.16. The topological polar surface area (TPSA) is 84.2 Å². The molecule has 0 fully saturated rings. The number of amides is 2. The predicted molar refractivity (Wildman–Crippen MR) is 193 cm³/mol. The summed E-state index contributed by atoms with van der Waals surface area (Å²) < 4.78 is 0. The zero-order valence-corrected chi connectivity index (χ0v) is 29.2. The van der Waals surface area contributed by atoms with Gasteiger partial charge in [0.15, 0.2) is 0 Å². The molecule has 1 unspecified atom stereocenters. The molecule has 2 amide bonds. The second-order valence-corrected chi connectivity index (χ2v) is 12.6. The van der Waals surface area contributed by atoms with E-state index >= 15 is 0 Å². The maximum absolute atomic E-state index is 12.5. The molecule has 0 aromatic carbocycles. The summed E-state index contributed by atoms with van der Waals surface area (Å²) in [4.78, 5) is 24.8. The molecule has 4 N–H and O–H groups in total. The molecule has 5 heteroatoms. The molecule has 0 radical (unpaired) electrons. The van der Waals surface area contributed by atoms with Gasteiger partial charge in [-0.3, -0.25) is 9.59 Å². The number of unbranched alkanes of at least 4 members (excludes halogenated alkanes) is 20. The Hall–Kier alpha value is -1.88. The zero-order valence-electron chi connectivity index (χ0n) is 29.2. The number of carbonyl (C=O) groups is 2. The predicted octanol–water partition coefficient (Wildman–Crippen LogP) is 10.4. The van der Waals surface area contributed by atoms with Gasteiger partial charge in [0, 0.05) is 19.5 Å². The number of carbonyl (C=O) groups excluding carboxylic acids is 2. The van der Waals surface area contributed by atoms with E-state index in [-0.39, 0.29) is 18.4 Å². The molecule has 0 aliphatic rings. The van der Waals surface area contributed by atoms with Crippen LogP contribution in [0.15, 0.2) is 36.5 Å². The summed E-state index contributed by atoms with van der Waals surface area (Å²) in [5.41, 5.74) is 5.78. The largest absolute Gasteiger partial charge is 0.354 e. The quantitative estimate of drug-likeness (QED) is 0.0507. The summed E-state index contributed by atoms with van der Waals surface area (Å²) in [6.45, 7) is 5.29. The molecule has 0 aliphatic carbocycles. The van der Waals surface area contributed by atoms with Gasteiger partial charge in [-0.25, -0.2) is 0 Å². The summed E-state index contributed by atoms with van der Waals surface area (Å²) in [6, 6.07) is -0.630. The van der Waals surface area contributed by atoms with Crippen LogP contribution in [-0.4, -0.2) is 30.9 Å². The lowest BCUT2D eigenvalue weighted by molar-refractivity contribution is -0.128. The molecule has 0 aliphatic heterocycles. The van der Waals surface area contributed by atoms with Crippen molar-refractivity contribution in [3.05, 3.63) is 36.5 Å². The van der Waals surface area contributed by atoms with E-state index in [1.54, 1.807) is 0 Å². The maximum atomic E-state index is 12.5. The Morgan fingerprint density at radius 2 is 0.955 bits per heavy atom. The van der Waals surface area contributed by atoms with Crippen molar-refractivity contribution in [2.24, 2.45) is 5.73 Å². The van der Waals surface area contributed by atoms with Crippen LogP contribution in [0.1, 0.15) is 181 Å². The highest BCUT2D eigenvalue weighted by Gasteiger charge is 2.18.